The van der Waals surface area contributed by atoms with Crippen LogP contribution in [-0.2, 0) is 11.3 Å². The molecule has 1 heterocycles. The van der Waals surface area contributed by atoms with Crippen molar-refractivity contribution < 1.29 is 9.13 Å². The van der Waals surface area contributed by atoms with E-state index >= 15 is 0 Å². The van der Waals surface area contributed by atoms with Crippen molar-refractivity contribution >= 4 is 17.3 Å². The van der Waals surface area contributed by atoms with E-state index in [1.807, 2.05) is 0 Å². The van der Waals surface area contributed by atoms with Gasteiger partial charge in [0.15, 0.2) is 5.11 Å². The average Bonchev–Trinajstić information content (AvgIpc) is 2.89. The molecule has 98 valence electrons. The van der Waals surface area contributed by atoms with Gasteiger partial charge in [0.25, 0.3) is 0 Å². The summed E-state index contributed by atoms with van der Waals surface area (Å²) in [6.07, 6.45) is 2.49. The summed E-state index contributed by atoms with van der Waals surface area (Å²) < 4.78 is 18.2. The van der Waals surface area contributed by atoms with E-state index in [0.717, 1.165) is 31.6 Å². The maximum absolute atomic E-state index is 12.7. The number of thiocarbonyl (C=S) groups is 1. The van der Waals surface area contributed by atoms with Gasteiger partial charge >= 0.3 is 0 Å². The van der Waals surface area contributed by atoms with Crippen LogP contribution in [0.25, 0.3) is 0 Å². The lowest BCUT2D eigenvalue weighted by Crippen LogP contribution is -2.39. The Kier molecular flexibility index (Phi) is 4.90. The van der Waals surface area contributed by atoms with E-state index in [1.54, 1.807) is 12.1 Å². The Morgan fingerprint density at radius 1 is 1.33 bits per heavy atom. The fourth-order valence-corrected chi connectivity index (χ4v) is 2.01. The number of halogens is 1. The van der Waals surface area contributed by atoms with Crippen LogP contribution < -0.4 is 10.6 Å². The normalized spacial score (nSPS) is 18.6. The molecule has 1 aromatic carbocycles. The summed E-state index contributed by atoms with van der Waals surface area (Å²) in [6.45, 7) is 2.19. The van der Waals surface area contributed by atoms with Crippen molar-refractivity contribution in [1.29, 1.82) is 0 Å². The van der Waals surface area contributed by atoms with Crippen molar-refractivity contribution in [3.8, 4) is 0 Å². The standard InChI is InChI=1S/C13H17FN2OS/c14-11-5-3-10(4-6-11)8-15-13(18)16-9-12-2-1-7-17-12/h3-6,12H,1-2,7-9H2,(H2,15,16,18)/t12-/m1/s1. The first-order valence-electron chi connectivity index (χ1n) is 6.12. The monoisotopic (exact) mass is 268 g/mol. The highest BCUT2D eigenvalue weighted by atomic mass is 32.1. The molecule has 0 saturated carbocycles. The minimum atomic E-state index is -0.224. The van der Waals surface area contributed by atoms with Gasteiger partial charge in [-0.1, -0.05) is 12.1 Å². The van der Waals surface area contributed by atoms with Gasteiger partial charge in [-0.25, -0.2) is 4.39 Å². The van der Waals surface area contributed by atoms with Crippen molar-refractivity contribution in [3.63, 3.8) is 0 Å². The van der Waals surface area contributed by atoms with E-state index in [1.165, 1.54) is 12.1 Å². The van der Waals surface area contributed by atoms with E-state index in [4.69, 9.17) is 17.0 Å². The number of nitrogens with one attached hydrogen (secondary N) is 2. The SMILES string of the molecule is Fc1ccc(CNC(=S)NC[C@H]2CCCO2)cc1. The Morgan fingerprint density at radius 3 is 2.78 bits per heavy atom. The highest BCUT2D eigenvalue weighted by molar-refractivity contribution is 7.80. The van der Waals surface area contributed by atoms with Gasteiger partial charge in [-0.3, -0.25) is 0 Å². The van der Waals surface area contributed by atoms with Gasteiger partial charge in [-0.05, 0) is 42.8 Å². The van der Waals surface area contributed by atoms with Crippen LogP contribution in [0.4, 0.5) is 4.39 Å². The van der Waals surface area contributed by atoms with Crippen molar-refractivity contribution in [2.75, 3.05) is 13.2 Å². The van der Waals surface area contributed by atoms with Crippen molar-refractivity contribution in [2.24, 2.45) is 0 Å². The molecule has 1 fully saturated rings. The lowest BCUT2D eigenvalue weighted by atomic mass is 10.2. The zero-order chi connectivity index (χ0) is 12.8. The van der Waals surface area contributed by atoms with Crippen LogP contribution in [-0.4, -0.2) is 24.4 Å². The summed E-state index contributed by atoms with van der Waals surface area (Å²) in [5.74, 6) is -0.224. The van der Waals surface area contributed by atoms with Crippen LogP contribution in [0.15, 0.2) is 24.3 Å². The lowest BCUT2D eigenvalue weighted by molar-refractivity contribution is 0.114. The predicted octanol–water partition coefficient (Wildman–Crippen LogP) is 1.97. The summed E-state index contributed by atoms with van der Waals surface area (Å²) in [4.78, 5) is 0. The van der Waals surface area contributed by atoms with Crippen LogP contribution in [0.2, 0.25) is 0 Å². The molecule has 0 spiro atoms. The minimum Gasteiger partial charge on any atom is -0.376 e. The fraction of sp³-hybridized carbons (Fsp3) is 0.462. The molecule has 0 radical (unpaired) electrons. The van der Waals surface area contributed by atoms with Crippen LogP contribution in [0.1, 0.15) is 18.4 Å². The van der Waals surface area contributed by atoms with E-state index in [2.05, 4.69) is 10.6 Å². The zero-order valence-electron chi connectivity index (χ0n) is 10.1. The quantitative estimate of drug-likeness (QED) is 0.818. The maximum atomic E-state index is 12.7. The molecule has 1 aliphatic rings. The minimum absolute atomic E-state index is 0.224. The number of ether oxygens (including phenoxy) is 1. The first kappa shape index (κ1) is 13.2. The predicted molar refractivity (Wildman–Crippen MR) is 72.8 cm³/mol. The molecule has 18 heavy (non-hydrogen) atoms. The molecule has 0 aromatic heterocycles. The van der Waals surface area contributed by atoms with Gasteiger partial charge < -0.3 is 15.4 Å². The highest BCUT2D eigenvalue weighted by Gasteiger charge is 2.14. The molecular weight excluding hydrogens is 251 g/mol. The first-order chi connectivity index (χ1) is 8.74. The molecule has 2 rings (SSSR count). The van der Waals surface area contributed by atoms with E-state index < -0.39 is 0 Å². The van der Waals surface area contributed by atoms with Crippen LogP contribution in [0.5, 0.6) is 0 Å². The number of benzene rings is 1. The maximum Gasteiger partial charge on any atom is 0.166 e. The second-order valence-electron chi connectivity index (χ2n) is 4.33. The molecule has 3 nitrogen and oxygen atoms in total. The lowest BCUT2D eigenvalue weighted by Gasteiger charge is -2.14. The summed E-state index contributed by atoms with van der Waals surface area (Å²) in [7, 11) is 0. The third-order valence-corrected chi connectivity index (χ3v) is 3.17. The van der Waals surface area contributed by atoms with Gasteiger partial charge in [-0.2, -0.15) is 0 Å². The molecule has 1 aliphatic heterocycles. The molecular formula is C13H17FN2OS. The Labute approximate surface area is 112 Å². The first-order valence-corrected chi connectivity index (χ1v) is 6.52. The Morgan fingerprint density at radius 2 is 2.11 bits per heavy atom. The molecule has 0 bridgehead atoms. The van der Waals surface area contributed by atoms with Crippen molar-refractivity contribution in [2.45, 2.75) is 25.5 Å². The van der Waals surface area contributed by atoms with Gasteiger partial charge in [0.2, 0.25) is 0 Å². The zero-order valence-corrected chi connectivity index (χ0v) is 10.9. The Balaban J connectivity index is 1.66. The summed E-state index contributed by atoms with van der Waals surface area (Å²) in [5, 5.41) is 6.82. The Bertz CT molecular complexity index is 390. The molecule has 0 unspecified atom stereocenters. The molecule has 1 saturated heterocycles. The second-order valence-corrected chi connectivity index (χ2v) is 4.73. The third kappa shape index (κ3) is 4.23. The number of rotatable bonds is 4. The van der Waals surface area contributed by atoms with Gasteiger partial charge in [0.1, 0.15) is 5.82 Å². The topological polar surface area (TPSA) is 33.3 Å². The van der Waals surface area contributed by atoms with E-state index in [0.29, 0.717) is 11.7 Å². The van der Waals surface area contributed by atoms with Crippen LogP contribution in [0, 0.1) is 5.82 Å². The molecule has 1 atom stereocenters. The van der Waals surface area contributed by atoms with Crippen LogP contribution in [0.3, 0.4) is 0 Å². The molecule has 0 amide bonds. The molecule has 5 heteroatoms. The largest absolute Gasteiger partial charge is 0.376 e. The van der Waals surface area contributed by atoms with Gasteiger partial charge in [0, 0.05) is 19.7 Å². The number of hydrogen-bond acceptors (Lipinski definition) is 2. The van der Waals surface area contributed by atoms with Crippen molar-refractivity contribution in [1.82, 2.24) is 10.6 Å². The number of hydrogen-bond donors (Lipinski definition) is 2. The van der Waals surface area contributed by atoms with E-state index in [-0.39, 0.29) is 11.9 Å². The fourth-order valence-electron chi connectivity index (χ4n) is 1.86. The second kappa shape index (κ2) is 6.66. The van der Waals surface area contributed by atoms with Crippen LogP contribution >= 0.6 is 12.2 Å². The molecule has 2 N–H and O–H groups in total. The molecule has 0 aliphatic carbocycles. The third-order valence-electron chi connectivity index (χ3n) is 2.88. The average molecular weight is 268 g/mol. The van der Waals surface area contributed by atoms with Gasteiger partial charge in [0.05, 0.1) is 6.10 Å². The smallest absolute Gasteiger partial charge is 0.166 e. The Hall–Kier alpha value is -1.20. The summed E-state index contributed by atoms with van der Waals surface area (Å²) >= 11 is 5.16. The molecule has 1 aromatic rings. The van der Waals surface area contributed by atoms with Crippen molar-refractivity contribution in [3.05, 3.63) is 35.6 Å². The summed E-state index contributed by atoms with van der Waals surface area (Å²) in [5.41, 5.74) is 0.998. The summed E-state index contributed by atoms with van der Waals surface area (Å²) in [6, 6.07) is 6.37. The highest BCUT2D eigenvalue weighted by Crippen LogP contribution is 2.10. The van der Waals surface area contributed by atoms with E-state index in [9.17, 15) is 4.39 Å². The van der Waals surface area contributed by atoms with Gasteiger partial charge in [-0.15, -0.1) is 0 Å².